The van der Waals surface area contributed by atoms with Gasteiger partial charge in [0, 0.05) is 19.9 Å². The SMILES string of the molecule is CCCc1c(-c2cc(Cl)ccc2Br)sc(C#N)c1N. The number of rotatable bonds is 3. The number of halogens is 2. The van der Waals surface area contributed by atoms with E-state index >= 15 is 0 Å². The van der Waals surface area contributed by atoms with Crippen molar-refractivity contribution in [1.29, 1.82) is 5.26 Å². The number of thiophene rings is 1. The summed E-state index contributed by atoms with van der Waals surface area (Å²) in [6.07, 6.45) is 1.84. The van der Waals surface area contributed by atoms with Crippen molar-refractivity contribution >= 4 is 44.6 Å². The van der Waals surface area contributed by atoms with Crippen molar-refractivity contribution in [3.05, 3.63) is 38.1 Å². The van der Waals surface area contributed by atoms with Gasteiger partial charge in [0.1, 0.15) is 10.9 Å². The quantitative estimate of drug-likeness (QED) is 0.818. The fraction of sp³-hybridized carbons (Fsp3) is 0.214. The Bertz CT molecular complexity index is 658. The van der Waals surface area contributed by atoms with Crippen molar-refractivity contribution in [2.24, 2.45) is 0 Å². The number of anilines is 1. The molecule has 2 N–H and O–H groups in total. The molecule has 0 fully saturated rings. The van der Waals surface area contributed by atoms with Crippen LogP contribution in [0.15, 0.2) is 22.7 Å². The number of nitriles is 1. The summed E-state index contributed by atoms with van der Waals surface area (Å²) in [5.41, 5.74) is 8.72. The van der Waals surface area contributed by atoms with Gasteiger partial charge in [-0.05, 0) is 30.2 Å². The highest BCUT2D eigenvalue weighted by Crippen LogP contribution is 2.42. The topological polar surface area (TPSA) is 49.8 Å². The van der Waals surface area contributed by atoms with Crippen molar-refractivity contribution in [2.45, 2.75) is 19.8 Å². The van der Waals surface area contributed by atoms with E-state index in [0.717, 1.165) is 33.3 Å². The summed E-state index contributed by atoms with van der Waals surface area (Å²) >= 11 is 11.0. The van der Waals surface area contributed by atoms with Gasteiger partial charge in [0.15, 0.2) is 0 Å². The number of nitrogens with two attached hydrogens (primary N) is 1. The first-order valence-electron chi connectivity index (χ1n) is 5.85. The predicted molar refractivity (Wildman–Crippen MR) is 85.6 cm³/mol. The van der Waals surface area contributed by atoms with Gasteiger partial charge in [-0.3, -0.25) is 0 Å². The molecule has 5 heteroatoms. The van der Waals surface area contributed by atoms with Crippen LogP contribution in [-0.2, 0) is 6.42 Å². The molecule has 2 rings (SSSR count). The molecule has 0 bridgehead atoms. The number of nitrogens with zero attached hydrogens (tertiary/aromatic N) is 1. The van der Waals surface area contributed by atoms with Gasteiger partial charge in [0.05, 0.1) is 5.69 Å². The highest BCUT2D eigenvalue weighted by molar-refractivity contribution is 9.10. The van der Waals surface area contributed by atoms with Crippen LogP contribution in [0.5, 0.6) is 0 Å². The maximum atomic E-state index is 9.14. The molecular weight excluding hydrogens is 344 g/mol. The van der Waals surface area contributed by atoms with Gasteiger partial charge in [0.25, 0.3) is 0 Å². The minimum Gasteiger partial charge on any atom is -0.397 e. The van der Waals surface area contributed by atoms with Crippen LogP contribution < -0.4 is 5.73 Å². The van der Waals surface area contributed by atoms with E-state index in [1.54, 1.807) is 0 Å². The zero-order valence-electron chi connectivity index (χ0n) is 10.3. The zero-order valence-corrected chi connectivity index (χ0v) is 13.5. The minimum atomic E-state index is 0.574. The highest BCUT2D eigenvalue weighted by atomic mass is 79.9. The van der Waals surface area contributed by atoms with Crippen molar-refractivity contribution in [3.8, 4) is 16.5 Å². The molecule has 0 aliphatic heterocycles. The average Bonchev–Trinajstić information content (AvgIpc) is 2.70. The van der Waals surface area contributed by atoms with E-state index < -0.39 is 0 Å². The molecule has 98 valence electrons. The second kappa shape index (κ2) is 5.96. The first kappa shape index (κ1) is 14.4. The van der Waals surface area contributed by atoms with Crippen LogP contribution in [0.4, 0.5) is 5.69 Å². The molecule has 0 spiro atoms. The van der Waals surface area contributed by atoms with E-state index in [4.69, 9.17) is 22.6 Å². The molecule has 19 heavy (non-hydrogen) atoms. The van der Waals surface area contributed by atoms with Crippen molar-refractivity contribution in [1.82, 2.24) is 0 Å². The third-order valence-corrected chi connectivity index (χ3v) is 4.93. The van der Waals surface area contributed by atoms with Crippen LogP contribution in [0.1, 0.15) is 23.8 Å². The van der Waals surface area contributed by atoms with E-state index in [1.165, 1.54) is 11.3 Å². The molecule has 1 aromatic carbocycles. The molecule has 0 amide bonds. The maximum absolute atomic E-state index is 9.14. The lowest BCUT2D eigenvalue weighted by Crippen LogP contribution is -1.93. The van der Waals surface area contributed by atoms with E-state index in [2.05, 4.69) is 28.9 Å². The Morgan fingerprint density at radius 2 is 2.21 bits per heavy atom. The fourth-order valence-corrected chi connectivity index (χ4v) is 3.79. The second-order valence-corrected chi connectivity index (χ2v) is 6.45. The normalized spacial score (nSPS) is 10.4. The fourth-order valence-electron chi connectivity index (χ4n) is 1.95. The monoisotopic (exact) mass is 354 g/mol. The second-order valence-electron chi connectivity index (χ2n) is 4.14. The Morgan fingerprint density at radius 3 is 2.84 bits per heavy atom. The van der Waals surface area contributed by atoms with Gasteiger partial charge in [-0.1, -0.05) is 40.9 Å². The molecule has 0 aliphatic carbocycles. The summed E-state index contributed by atoms with van der Waals surface area (Å²) in [5, 5.41) is 9.81. The summed E-state index contributed by atoms with van der Waals surface area (Å²) in [6.45, 7) is 2.10. The Balaban J connectivity index is 2.67. The van der Waals surface area contributed by atoms with Crippen molar-refractivity contribution in [3.63, 3.8) is 0 Å². The molecule has 2 aromatic rings. The predicted octanol–water partition coefficient (Wildman–Crippen LogP) is 5.24. The average molecular weight is 356 g/mol. The molecule has 0 saturated carbocycles. The lowest BCUT2D eigenvalue weighted by atomic mass is 10.0. The van der Waals surface area contributed by atoms with E-state index in [1.807, 2.05) is 18.2 Å². The molecule has 1 aromatic heterocycles. The summed E-state index contributed by atoms with van der Waals surface area (Å²) < 4.78 is 0.958. The smallest absolute Gasteiger partial charge is 0.128 e. The van der Waals surface area contributed by atoms with E-state index in [0.29, 0.717) is 15.6 Å². The molecule has 0 saturated heterocycles. The van der Waals surface area contributed by atoms with Crippen molar-refractivity contribution < 1.29 is 0 Å². The number of nitrogen functional groups attached to an aromatic ring is 1. The maximum Gasteiger partial charge on any atom is 0.128 e. The van der Waals surface area contributed by atoms with Crippen LogP contribution >= 0.6 is 38.9 Å². The number of hydrogen-bond donors (Lipinski definition) is 1. The Labute approximate surface area is 129 Å². The van der Waals surface area contributed by atoms with Crippen LogP contribution in [0.2, 0.25) is 5.02 Å². The molecule has 0 unspecified atom stereocenters. The third kappa shape index (κ3) is 2.79. The van der Waals surface area contributed by atoms with Gasteiger partial charge in [-0.25, -0.2) is 0 Å². The first-order valence-corrected chi connectivity index (χ1v) is 7.83. The molecule has 0 aliphatic rings. The zero-order chi connectivity index (χ0) is 14.0. The molecule has 2 nitrogen and oxygen atoms in total. The molecule has 0 atom stereocenters. The summed E-state index contributed by atoms with van der Waals surface area (Å²) in [7, 11) is 0. The van der Waals surface area contributed by atoms with Crippen molar-refractivity contribution in [2.75, 3.05) is 5.73 Å². The first-order chi connectivity index (χ1) is 9.08. The lowest BCUT2D eigenvalue weighted by Gasteiger charge is -2.07. The molecular formula is C14H12BrClN2S. The number of benzene rings is 1. The summed E-state index contributed by atoms with van der Waals surface area (Å²) in [6, 6.07) is 7.81. The van der Waals surface area contributed by atoms with Gasteiger partial charge < -0.3 is 5.73 Å². The third-order valence-electron chi connectivity index (χ3n) is 2.82. The van der Waals surface area contributed by atoms with Gasteiger partial charge in [0.2, 0.25) is 0 Å². The Hall–Kier alpha value is -1.02. The van der Waals surface area contributed by atoms with Gasteiger partial charge in [-0.15, -0.1) is 11.3 Å². The van der Waals surface area contributed by atoms with Crippen LogP contribution in [0, 0.1) is 11.3 Å². The van der Waals surface area contributed by atoms with E-state index in [-0.39, 0.29) is 0 Å². The van der Waals surface area contributed by atoms with Gasteiger partial charge >= 0.3 is 0 Å². The highest BCUT2D eigenvalue weighted by Gasteiger charge is 2.18. The Kier molecular flexibility index (Phi) is 4.51. The molecule has 1 heterocycles. The van der Waals surface area contributed by atoms with Crippen LogP contribution in [0.25, 0.3) is 10.4 Å². The Morgan fingerprint density at radius 1 is 1.47 bits per heavy atom. The molecule has 0 radical (unpaired) electrons. The largest absolute Gasteiger partial charge is 0.397 e. The van der Waals surface area contributed by atoms with E-state index in [9.17, 15) is 0 Å². The van der Waals surface area contributed by atoms with Crippen LogP contribution in [-0.4, -0.2) is 0 Å². The number of hydrogen-bond acceptors (Lipinski definition) is 3. The summed E-state index contributed by atoms with van der Waals surface area (Å²) in [5.74, 6) is 0. The minimum absolute atomic E-state index is 0.574. The summed E-state index contributed by atoms with van der Waals surface area (Å²) in [4.78, 5) is 1.61. The standard InChI is InChI=1S/C14H12BrClN2S/c1-2-3-9-13(18)12(7-17)19-14(9)10-6-8(16)4-5-11(10)15/h4-6H,2-3,18H2,1H3. The lowest BCUT2D eigenvalue weighted by molar-refractivity contribution is 0.930. The van der Waals surface area contributed by atoms with Crippen LogP contribution in [0.3, 0.4) is 0 Å². The van der Waals surface area contributed by atoms with Gasteiger partial charge in [-0.2, -0.15) is 5.26 Å².